The summed E-state index contributed by atoms with van der Waals surface area (Å²) in [6.07, 6.45) is 0.756. The van der Waals surface area contributed by atoms with E-state index in [4.69, 9.17) is 14.2 Å². The molecule has 2 aliphatic carbocycles. The Hall–Kier alpha value is -2.44. The molecule has 35 heavy (non-hydrogen) atoms. The van der Waals surface area contributed by atoms with Crippen molar-refractivity contribution in [3.8, 4) is 0 Å². The van der Waals surface area contributed by atoms with E-state index < -0.39 is 36.2 Å². The normalized spacial score (nSPS) is 30.5. The van der Waals surface area contributed by atoms with Crippen molar-refractivity contribution in [1.29, 1.82) is 0 Å². The number of Topliss-reactive ketones (excluding diaryl/α,β-unsaturated/α-hetero) is 1. The Morgan fingerprint density at radius 1 is 1.09 bits per heavy atom. The number of ether oxygens (including phenoxy) is 3. The van der Waals surface area contributed by atoms with Crippen LogP contribution in [0.3, 0.4) is 0 Å². The largest absolute Gasteiger partial charge is 0.463 e. The molecule has 0 spiro atoms. The molecular weight excluding hydrogens is 448 g/mol. The molecule has 0 N–H and O–H groups in total. The summed E-state index contributed by atoms with van der Waals surface area (Å²) in [5.41, 5.74) is 1.31. The lowest BCUT2D eigenvalue weighted by molar-refractivity contribution is -0.182. The minimum atomic E-state index is -0.934. The first-order valence-electron chi connectivity index (χ1n) is 12.8. The van der Waals surface area contributed by atoms with E-state index in [1.165, 1.54) is 13.0 Å². The third-order valence-electron chi connectivity index (χ3n) is 7.71. The zero-order valence-corrected chi connectivity index (χ0v) is 22.5. The maximum Gasteiger partial charge on any atom is 0.331 e. The molecule has 0 amide bonds. The van der Waals surface area contributed by atoms with Crippen LogP contribution in [0.2, 0.25) is 0 Å². The van der Waals surface area contributed by atoms with Gasteiger partial charge in [0.25, 0.3) is 0 Å². The van der Waals surface area contributed by atoms with Crippen LogP contribution in [0, 0.1) is 35.5 Å². The summed E-state index contributed by atoms with van der Waals surface area (Å²) in [7, 11) is 0. The van der Waals surface area contributed by atoms with Crippen LogP contribution < -0.4 is 0 Å². The molecule has 0 aromatic rings. The monoisotopic (exact) mass is 490 g/mol. The second kappa shape index (κ2) is 12.0. The molecule has 7 heteroatoms. The van der Waals surface area contributed by atoms with Gasteiger partial charge >= 0.3 is 17.9 Å². The highest BCUT2D eigenvalue weighted by molar-refractivity contribution is 5.88. The second-order valence-corrected chi connectivity index (χ2v) is 10.5. The van der Waals surface area contributed by atoms with Crippen molar-refractivity contribution in [3.05, 3.63) is 23.8 Å². The number of esters is 3. The maximum absolute atomic E-state index is 13.3. The minimum absolute atomic E-state index is 0.00242. The van der Waals surface area contributed by atoms with E-state index in [9.17, 15) is 19.2 Å². The zero-order valence-electron chi connectivity index (χ0n) is 22.5. The average molecular weight is 491 g/mol. The van der Waals surface area contributed by atoms with E-state index in [1.807, 2.05) is 34.6 Å². The Morgan fingerprint density at radius 3 is 2.23 bits per heavy atom. The smallest absolute Gasteiger partial charge is 0.331 e. The van der Waals surface area contributed by atoms with Gasteiger partial charge in [-0.15, -0.1) is 0 Å². The van der Waals surface area contributed by atoms with Crippen molar-refractivity contribution >= 4 is 23.7 Å². The van der Waals surface area contributed by atoms with Crippen molar-refractivity contribution in [2.75, 3.05) is 0 Å². The van der Waals surface area contributed by atoms with Crippen molar-refractivity contribution < 1.29 is 33.4 Å². The number of hydrogen-bond donors (Lipinski definition) is 0. The molecular formula is C28H42O7. The third-order valence-corrected chi connectivity index (χ3v) is 7.71. The van der Waals surface area contributed by atoms with Gasteiger partial charge in [0.1, 0.15) is 18.0 Å². The highest BCUT2D eigenvalue weighted by Gasteiger charge is 2.60. The van der Waals surface area contributed by atoms with E-state index in [0.29, 0.717) is 18.4 Å². The van der Waals surface area contributed by atoms with Gasteiger partial charge in [-0.05, 0) is 44.1 Å². The summed E-state index contributed by atoms with van der Waals surface area (Å²) in [4.78, 5) is 50.7. The van der Waals surface area contributed by atoms with Crippen LogP contribution in [0.25, 0.3) is 0 Å². The fourth-order valence-electron chi connectivity index (χ4n) is 5.54. The van der Waals surface area contributed by atoms with E-state index in [2.05, 4.69) is 6.58 Å². The van der Waals surface area contributed by atoms with Crippen LogP contribution in [0.5, 0.6) is 0 Å². The van der Waals surface area contributed by atoms with Crippen LogP contribution in [-0.2, 0) is 33.4 Å². The van der Waals surface area contributed by atoms with E-state index in [-0.39, 0.29) is 47.8 Å². The van der Waals surface area contributed by atoms with Crippen LogP contribution in [0.15, 0.2) is 23.8 Å². The van der Waals surface area contributed by atoms with Crippen LogP contribution >= 0.6 is 0 Å². The molecule has 0 saturated heterocycles. The first-order chi connectivity index (χ1) is 16.3. The summed E-state index contributed by atoms with van der Waals surface area (Å²) in [5.74, 6) is -3.01. The molecule has 0 aromatic heterocycles. The number of carbonyl (C=O) groups excluding carboxylic acids is 4. The number of allylic oxidation sites excluding steroid dienone is 1. The predicted molar refractivity (Wildman–Crippen MR) is 132 cm³/mol. The lowest BCUT2D eigenvalue weighted by Crippen LogP contribution is -2.55. The Bertz CT molecular complexity index is 871. The summed E-state index contributed by atoms with van der Waals surface area (Å²) in [5, 5.41) is 0. The fourth-order valence-corrected chi connectivity index (χ4v) is 5.54. The standard InChI is InChI=1S/C28H42O7/c1-10-15(5)12-22(31)34-26-17(7)24-21(30)13-20(18(8)33-19(9)29)25(24)23(14(3)4)27(26)35-28(32)16(6)11-2/h12,14,16,18,20,23-27H,7,10-11,13H2,1-6,8-9H3/b15-12+/t16?,18-,20-,23+,24-,25+,26+,27-/m1/s1. The van der Waals surface area contributed by atoms with Gasteiger partial charge in [-0.3, -0.25) is 14.4 Å². The molecule has 0 radical (unpaired) electrons. The molecule has 0 heterocycles. The summed E-state index contributed by atoms with van der Waals surface area (Å²) in [6, 6.07) is 0. The topological polar surface area (TPSA) is 96.0 Å². The molecule has 2 fully saturated rings. The lowest BCUT2D eigenvalue weighted by Gasteiger charge is -2.48. The molecule has 1 unspecified atom stereocenters. The molecule has 2 aliphatic rings. The highest BCUT2D eigenvalue weighted by atomic mass is 16.6. The molecule has 0 aliphatic heterocycles. The Kier molecular flexibility index (Phi) is 9.87. The van der Waals surface area contributed by atoms with Gasteiger partial charge in [0, 0.05) is 37.2 Å². The molecule has 8 atom stereocenters. The fraction of sp³-hybridized carbons (Fsp3) is 0.714. The third kappa shape index (κ3) is 6.42. The van der Waals surface area contributed by atoms with Gasteiger partial charge < -0.3 is 14.2 Å². The van der Waals surface area contributed by atoms with Gasteiger partial charge in [-0.1, -0.05) is 46.8 Å². The number of hydrogen-bond acceptors (Lipinski definition) is 7. The second-order valence-electron chi connectivity index (χ2n) is 10.5. The SMILES string of the molecule is C=C1[C@@H]2C(=O)C[C@H]([C@@H](C)OC(C)=O)[C@H]2[C@H](C(C)C)[C@@H](OC(=O)C(C)CC)[C@H]1OC(=O)/C=C(\C)CC. The first kappa shape index (κ1) is 28.8. The minimum Gasteiger partial charge on any atom is -0.463 e. The van der Waals surface area contributed by atoms with E-state index in [1.54, 1.807) is 13.8 Å². The maximum atomic E-state index is 13.3. The summed E-state index contributed by atoms with van der Waals surface area (Å²) < 4.78 is 17.4. The van der Waals surface area contributed by atoms with Gasteiger partial charge in [-0.2, -0.15) is 0 Å². The Balaban J connectivity index is 2.56. The van der Waals surface area contributed by atoms with Gasteiger partial charge in [-0.25, -0.2) is 4.79 Å². The van der Waals surface area contributed by atoms with Crippen molar-refractivity contribution in [1.82, 2.24) is 0 Å². The molecule has 196 valence electrons. The number of carbonyl (C=O) groups is 4. The van der Waals surface area contributed by atoms with Gasteiger partial charge in [0.05, 0.1) is 5.92 Å². The predicted octanol–water partition coefficient (Wildman–Crippen LogP) is 4.83. The lowest BCUT2D eigenvalue weighted by atomic mass is 9.61. The van der Waals surface area contributed by atoms with Crippen LogP contribution in [0.1, 0.15) is 74.7 Å². The molecule has 0 bridgehead atoms. The summed E-state index contributed by atoms with van der Waals surface area (Å²) >= 11 is 0. The quantitative estimate of drug-likeness (QED) is 0.198. The molecule has 7 nitrogen and oxygen atoms in total. The van der Waals surface area contributed by atoms with Gasteiger partial charge in [0.15, 0.2) is 6.10 Å². The van der Waals surface area contributed by atoms with E-state index >= 15 is 0 Å². The van der Waals surface area contributed by atoms with E-state index in [0.717, 1.165) is 5.57 Å². The number of ketones is 1. The first-order valence-corrected chi connectivity index (χ1v) is 12.8. The highest BCUT2D eigenvalue weighted by Crippen LogP contribution is 2.54. The zero-order chi connectivity index (χ0) is 26.6. The number of rotatable bonds is 9. The van der Waals surface area contributed by atoms with Crippen LogP contribution in [-0.4, -0.2) is 42.0 Å². The Morgan fingerprint density at radius 2 is 1.71 bits per heavy atom. The van der Waals surface area contributed by atoms with Crippen molar-refractivity contribution in [2.45, 2.75) is 93.0 Å². The van der Waals surface area contributed by atoms with Gasteiger partial charge in [0.2, 0.25) is 0 Å². The van der Waals surface area contributed by atoms with Crippen molar-refractivity contribution in [3.63, 3.8) is 0 Å². The summed E-state index contributed by atoms with van der Waals surface area (Å²) in [6.45, 7) is 18.8. The van der Waals surface area contributed by atoms with Crippen molar-refractivity contribution in [2.24, 2.45) is 35.5 Å². The van der Waals surface area contributed by atoms with Crippen LogP contribution in [0.4, 0.5) is 0 Å². The molecule has 0 aromatic carbocycles. The molecule has 2 saturated carbocycles. The Labute approximate surface area is 209 Å². The number of fused-ring (bicyclic) bond motifs is 1. The average Bonchev–Trinajstić information content (AvgIpc) is 3.11. The molecule has 2 rings (SSSR count).